The molecule has 0 unspecified atom stereocenters. The molecule has 0 N–H and O–H groups in total. The monoisotopic (exact) mass is 417 g/mol. The van der Waals surface area contributed by atoms with Gasteiger partial charge < -0.3 is 4.74 Å². The van der Waals surface area contributed by atoms with Crippen LogP contribution in [-0.2, 0) is 19.6 Å². The van der Waals surface area contributed by atoms with E-state index in [-0.39, 0.29) is 39.0 Å². The molecule has 0 amide bonds. The number of hydrogen-bond donors (Lipinski definition) is 0. The number of halogens is 1. The molecule has 1 heterocycles. The minimum Gasteiger partial charge on any atom is -0.420 e. The van der Waals surface area contributed by atoms with Crippen molar-refractivity contribution in [1.29, 1.82) is 0 Å². The van der Waals surface area contributed by atoms with Crippen LogP contribution in [0.25, 0.3) is 5.76 Å². The molecule has 0 saturated carbocycles. The zero-order valence-electron chi connectivity index (χ0n) is 14.9. The summed E-state index contributed by atoms with van der Waals surface area (Å²) in [5.41, 5.74) is -0.00632. The van der Waals surface area contributed by atoms with Crippen molar-refractivity contribution in [3.05, 3.63) is 83.0 Å². The summed E-state index contributed by atoms with van der Waals surface area (Å²) < 4.78 is 32.4. The van der Waals surface area contributed by atoms with Crippen molar-refractivity contribution >= 4 is 39.1 Å². The number of benzene rings is 2. The molecule has 6 nitrogen and oxygen atoms in total. The smallest absolute Gasteiger partial charge is 0.345 e. The van der Waals surface area contributed by atoms with Gasteiger partial charge in [-0.05, 0) is 24.3 Å². The number of carbonyl (C=O) groups excluding carboxylic acids is 2. The molecule has 0 atom stereocenters. The van der Waals surface area contributed by atoms with E-state index in [1.165, 1.54) is 37.3 Å². The van der Waals surface area contributed by atoms with E-state index in [0.29, 0.717) is 0 Å². The lowest BCUT2D eigenvalue weighted by Gasteiger charge is -2.31. The molecule has 1 aliphatic heterocycles. The van der Waals surface area contributed by atoms with Gasteiger partial charge in [0.05, 0.1) is 22.0 Å². The first-order valence-corrected chi connectivity index (χ1v) is 10.1. The van der Waals surface area contributed by atoms with Crippen LogP contribution in [0.4, 0.5) is 0 Å². The van der Waals surface area contributed by atoms with E-state index < -0.39 is 21.8 Å². The van der Waals surface area contributed by atoms with Crippen molar-refractivity contribution in [3.63, 3.8) is 0 Å². The second-order valence-electron chi connectivity index (χ2n) is 5.92. The number of sulfonamides is 1. The second kappa shape index (κ2) is 7.61. The Kier molecular flexibility index (Phi) is 5.40. The van der Waals surface area contributed by atoms with E-state index in [1.807, 2.05) is 0 Å². The van der Waals surface area contributed by atoms with Crippen molar-refractivity contribution in [2.24, 2.45) is 0 Å². The van der Waals surface area contributed by atoms with Crippen molar-refractivity contribution in [3.8, 4) is 0 Å². The number of nitrogens with zero attached hydrogens (tertiary/aromatic N) is 1. The summed E-state index contributed by atoms with van der Waals surface area (Å²) in [5, 5.41) is 0.178. The van der Waals surface area contributed by atoms with Gasteiger partial charge >= 0.3 is 5.97 Å². The Balaban J connectivity index is 2.23. The van der Waals surface area contributed by atoms with Gasteiger partial charge in [-0.1, -0.05) is 41.9 Å². The molecular weight excluding hydrogens is 402 g/mol. The number of allylic oxidation sites excluding steroid dienone is 1. The van der Waals surface area contributed by atoms with Gasteiger partial charge in [0.2, 0.25) is 0 Å². The SMILES string of the molecule is C=CCN1C(C(C)=O)=C(OC(=O)c2ccccc2Cl)c2ccccc2S1(=O)=O. The molecule has 0 fully saturated rings. The van der Waals surface area contributed by atoms with Crippen LogP contribution < -0.4 is 0 Å². The van der Waals surface area contributed by atoms with Gasteiger partial charge in [-0.3, -0.25) is 9.10 Å². The highest BCUT2D eigenvalue weighted by Gasteiger charge is 2.39. The third-order valence-electron chi connectivity index (χ3n) is 4.08. The first-order chi connectivity index (χ1) is 13.3. The molecular formula is C20H16ClNO5S. The third-order valence-corrected chi connectivity index (χ3v) is 6.23. The van der Waals surface area contributed by atoms with E-state index >= 15 is 0 Å². The average Bonchev–Trinajstić information content (AvgIpc) is 2.66. The summed E-state index contributed by atoms with van der Waals surface area (Å²) in [4.78, 5) is 25.0. The quantitative estimate of drug-likeness (QED) is 0.548. The zero-order valence-corrected chi connectivity index (χ0v) is 16.5. The van der Waals surface area contributed by atoms with E-state index in [1.54, 1.807) is 24.3 Å². The maximum Gasteiger partial charge on any atom is 0.345 e. The molecule has 2 aromatic carbocycles. The molecule has 2 aromatic rings. The Labute approximate surface area is 167 Å². The topological polar surface area (TPSA) is 80.8 Å². The number of carbonyl (C=O) groups is 2. The molecule has 0 bridgehead atoms. The predicted octanol–water partition coefficient (Wildman–Crippen LogP) is 3.64. The van der Waals surface area contributed by atoms with Gasteiger partial charge in [-0.15, -0.1) is 6.58 Å². The fourth-order valence-electron chi connectivity index (χ4n) is 2.88. The van der Waals surface area contributed by atoms with Gasteiger partial charge in [0.1, 0.15) is 5.70 Å². The van der Waals surface area contributed by atoms with E-state index in [9.17, 15) is 18.0 Å². The highest BCUT2D eigenvalue weighted by molar-refractivity contribution is 7.89. The molecule has 0 aromatic heterocycles. The fourth-order valence-corrected chi connectivity index (χ4v) is 4.77. The van der Waals surface area contributed by atoms with Crippen LogP contribution in [0.15, 0.2) is 71.8 Å². The van der Waals surface area contributed by atoms with Gasteiger partial charge in [-0.2, -0.15) is 0 Å². The Morgan fingerprint density at radius 3 is 2.43 bits per heavy atom. The third kappa shape index (κ3) is 3.34. The van der Waals surface area contributed by atoms with Gasteiger partial charge in [0, 0.05) is 12.5 Å². The van der Waals surface area contributed by atoms with Crippen LogP contribution >= 0.6 is 11.6 Å². The largest absolute Gasteiger partial charge is 0.420 e. The molecule has 0 saturated heterocycles. The zero-order chi connectivity index (χ0) is 20.5. The first-order valence-electron chi connectivity index (χ1n) is 8.24. The highest BCUT2D eigenvalue weighted by atomic mass is 35.5. The van der Waals surface area contributed by atoms with Gasteiger partial charge in [-0.25, -0.2) is 13.2 Å². The van der Waals surface area contributed by atoms with Gasteiger partial charge in [0.25, 0.3) is 10.0 Å². The van der Waals surface area contributed by atoms with E-state index in [0.717, 1.165) is 4.31 Å². The molecule has 28 heavy (non-hydrogen) atoms. The summed E-state index contributed by atoms with van der Waals surface area (Å²) >= 11 is 6.06. The Morgan fingerprint density at radius 1 is 1.14 bits per heavy atom. The molecule has 0 aliphatic carbocycles. The summed E-state index contributed by atoms with van der Waals surface area (Å²) in [6, 6.07) is 12.3. The predicted molar refractivity (Wildman–Crippen MR) is 105 cm³/mol. The van der Waals surface area contributed by atoms with Crippen LogP contribution in [0.5, 0.6) is 0 Å². The Bertz CT molecular complexity index is 1120. The standard InChI is InChI=1S/C20H16ClNO5S/c1-3-12-22-18(13(2)23)19(15-9-5-7-11-17(15)28(22,25)26)27-20(24)14-8-4-6-10-16(14)21/h3-11H,1,12H2,2H3. The van der Waals surface area contributed by atoms with Crippen LogP contribution in [0.2, 0.25) is 5.02 Å². The number of Topliss-reactive ketones (excluding diaryl/α,β-unsaturated/α-hetero) is 1. The second-order valence-corrected chi connectivity index (χ2v) is 8.16. The maximum absolute atomic E-state index is 13.0. The number of ether oxygens (including phenoxy) is 1. The summed E-state index contributed by atoms with van der Waals surface area (Å²) in [7, 11) is -4.01. The molecule has 3 rings (SSSR count). The van der Waals surface area contributed by atoms with Crippen LogP contribution in [-0.4, -0.2) is 31.0 Å². The van der Waals surface area contributed by atoms with E-state index in [2.05, 4.69) is 6.58 Å². The van der Waals surface area contributed by atoms with Crippen molar-refractivity contribution in [2.75, 3.05) is 6.54 Å². The Morgan fingerprint density at radius 2 is 1.79 bits per heavy atom. The fraction of sp³-hybridized carbons (Fsp3) is 0.100. The van der Waals surface area contributed by atoms with Crippen molar-refractivity contribution in [1.82, 2.24) is 4.31 Å². The molecule has 0 radical (unpaired) electrons. The number of hydrogen-bond acceptors (Lipinski definition) is 5. The first kappa shape index (κ1) is 19.9. The Hall–Kier alpha value is -2.90. The minimum absolute atomic E-state index is 0.0659. The molecule has 1 aliphatic rings. The van der Waals surface area contributed by atoms with Crippen molar-refractivity contribution < 1.29 is 22.7 Å². The summed E-state index contributed by atoms with van der Waals surface area (Å²) in [6.45, 7) is 4.60. The summed E-state index contributed by atoms with van der Waals surface area (Å²) in [5.74, 6) is -1.50. The maximum atomic E-state index is 13.0. The lowest BCUT2D eigenvalue weighted by atomic mass is 10.1. The van der Waals surface area contributed by atoms with Crippen LogP contribution in [0.3, 0.4) is 0 Å². The lowest BCUT2D eigenvalue weighted by molar-refractivity contribution is -0.114. The average molecular weight is 418 g/mol. The number of esters is 1. The summed E-state index contributed by atoms with van der Waals surface area (Å²) in [6.07, 6.45) is 1.35. The van der Waals surface area contributed by atoms with Gasteiger partial charge in [0.15, 0.2) is 11.5 Å². The van der Waals surface area contributed by atoms with Crippen molar-refractivity contribution in [2.45, 2.75) is 11.8 Å². The lowest BCUT2D eigenvalue weighted by Crippen LogP contribution is -2.38. The van der Waals surface area contributed by atoms with Crippen LogP contribution in [0, 0.1) is 0 Å². The number of ketones is 1. The molecule has 0 spiro atoms. The minimum atomic E-state index is -4.01. The number of fused-ring (bicyclic) bond motifs is 1. The number of rotatable bonds is 5. The molecule has 8 heteroatoms. The molecule has 144 valence electrons. The highest BCUT2D eigenvalue weighted by Crippen LogP contribution is 2.38. The van der Waals surface area contributed by atoms with Crippen LogP contribution in [0.1, 0.15) is 22.8 Å². The normalized spacial score (nSPS) is 15.0. The van der Waals surface area contributed by atoms with E-state index in [4.69, 9.17) is 16.3 Å².